The average molecular weight is 203 g/mol. The van der Waals surface area contributed by atoms with E-state index in [2.05, 4.69) is 10.0 Å². The van der Waals surface area contributed by atoms with Crippen molar-refractivity contribution >= 4 is 7.85 Å². The number of azide groups is 1. The third-order valence-corrected chi connectivity index (χ3v) is 2.09. The van der Waals surface area contributed by atoms with Crippen molar-refractivity contribution in [3.63, 3.8) is 0 Å². The summed E-state index contributed by atoms with van der Waals surface area (Å²) in [6.07, 6.45) is -2.85. The Morgan fingerprint density at radius 3 is 3.00 bits per heavy atom. The molecule has 1 heterocycles. The summed E-state index contributed by atoms with van der Waals surface area (Å²) < 4.78 is 23.4. The Morgan fingerprint density at radius 2 is 2.43 bits per heavy atom. The number of halogens is 1. The molecule has 4 atom stereocenters. The Balaban J connectivity index is 2.50. The minimum absolute atomic E-state index is 0.256. The summed E-state index contributed by atoms with van der Waals surface area (Å²) in [4.78, 5) is 2.47. The highest BCUT2D eigenvalue weighted by Crippen LogP contribution is 2.24. The molecule has 1 saturated heterocycles. The maximum Gasteiger partial charge on any atom is 0.147 e. The number of hydrogen-bond donors (Lipinski definition) is 1. The van der Waals surface area contributed by atoms with Crippen molar-refractivity contribution in [3.8, 4) is 0 Å². The van der Waals surface area contributed by atoms with Crippen molar-refractivity contribution in [1.29, 1.82) is 0 Å². The van der Waals surface area contributed by atoms with Crippen LogP contribution in [0.15, 0.2) is 5.11 Å². The quantitative estimate of drug-likeness (QED) is 0.284. The summed E-state index contributed by atoms with van der Waals surface area (Å²) in [6, 6.07) is -0.608. The van der Waals surface area contributed by atoms with Crippen LogP contribution >= 0.6 is 0 Å². The van der Waals surface area contributed by atoms with Crippen LogP contribution in [0.1, 0.15) is 0 Å². The number of ether oxygens (including phenoxy) is 2. The fourth-order valence-corrected chi connectivity index (χ4v) is 1.39. The molecule has 1 aliphatic rings. The maximum absolute atomic E-state index is 13.4. The molecule has 0 spiro atoms. The van der Waals surface area contributed by atoms with Crippen LogP contribution in [0.3, 0.4) is 0 Å². The number of aliphatic hydroxyl groups excluding tert-OH is 1. The summed E-state index contributed by atoms with van der Waals surface area (Å²) in [7, 11) is 1.56. The summed E-state index contributed by atoms with van der Waals surface area (Å²) >= 11 is 0. The van der Waals surface area contributed by atoms with Crippen LogP contribution in [0.4, 0.5) is 4.39 Å². The molecule has 1 rings (SSSR count). The van der Waals surface area contributed by atoms with Gasteiger partial charge in [-0.25, -0.2) is 4.39 Å². The number of nitrogens with zero attached hydrogens (tertiary/aromatic N) is 3. The van der Waals surface area contributed by atoms with Gasteiger partial charge in [-0.2, -0.15) is 0 Å². The van der Waals surface area contributed by atoms with Gasteiger partial charge in [-0.05, 0) is 5.53 Å². The molecule has 0 aromatic heterocycles. The van der Waals surface area contributed by atoms with Crippen LogP contribution in [0.25, 0.3) is 10.4 Å². The highest BCUT2D eigenvalue weighted by atomic mass is 19.1. The standard InChI is InChI=1S/C6H11BFN3O3/c7-6-4(8)5(3(1-12)14-6)13-2-10-11-9/h3-6,12H,1-2,7H2/t3?,4-,5?,6+/m0/s1. The Morgan fingerprint density at radius 1 is 1.71 bits per heavy atom. The first-order valence-corrected chi connectivity index (χ1v) is 4.23. The number of hydrogen-bond acceptors (Lipinski definition) is 4. The molecule has 6 nitrogen and oxygen atoms in total. The zero-order valence-electron chi connectivity index (χ0n) is 7.71. The zero-order chi connectivity index (χ0) is 10.6. The normalized spacial score (nSPS) is 36.7. The van der Waals surface area contributed by atoms with E-state index >= 15 is 0 Å². The first-order chi connectivity index (χ1) is 6.70. The molecular weight excluding hydrogens is 192 g/mol. The van der Waals surface area contributed by atoms with Crippen LogP contribution in [0, 0.1) is 0 Å². The van der Waals surface area contributed by atoms with E-state index in [1.54, 1.807) is 7.85 Å². The fraction of sp³-hybridized carbons (Fsp3) is 1.00. The van der Waals surface area contributed by atoms with Crippen LogP contribution in [-0.4, -0.2) is 50.7 Å². The van der Waals surface area contributed by atoms with Gasteiger partial charge in [0.2, 0.25) is 0 Å². The second-order valence-corrected chi connectivity index (χ2v) is 3.00. The van der Waals surface area contributed by atoms with Gasteiger partial charge in [0.05, 0.1) is 12.6 Å². The smallest absolute Gasteiger partial charge is 0.147 e. The van der Waals surface area contributed by atoms with Crippen LogP contribution in [-0.2, 0) is 9.47 Å². The Hall–Kier alpha value is -0.815. The van der Waals surface area contributed by atoms with Crippen LogP contribution in [0.2, 0.25) is 0 Å². The summed E-state index contributed by atoms with van der Waals surface area (Å²) in [5.74, 6) is 0. The van der Waals surface area contributed by atoms with Gasteiger partial charge in [-0.3, -0.25) is 0 Å². The molecule has 1 aliphatic heterocycles. The average Bonchev–Trinajstić information content (AvgIpc) is 2.45. The molecule has 0 amide bonds. The molecule has 14 heavy (non-hydrogen) atoms. The minimum atomic E-state index is -1.30. The largest absolute Gasteiger partial charge is 0.394 e. The van der Waals surface area contributed by atoms with E-state index < -0.39 is 24.4 Å². The van der Waals surface area contributed by atoms with Crippen LogP contribution in [0.5, 0.6) is 0 Å². The first kappa shape index (κ1) is 11.3. The first-order valence-electron chi connectivity index (χ1n) is 4.23. The third kappa shape index (κ3) is 2.36. The second-order valence-electron chi connectivity index (χ2n) is 3.00. The van der Waals surface area contributed by atoms with Crippen molar-refractivity contribution in [3.05, 3.63) is 10.4 Å². The van der Waals surface area contributed by atoms with Gasteiger partial charge in [0, 0.05) is 4.91 Å². The molecule has 2 unspecified atom stereocenters. The molecule has 78 valence electrons. The van der Waals surface area contributed by atoms with Crippen molar-refractivity contribution < 1.29 is 19.0 Å². The highest BCUT2D eigenvalue weighted by Gasteiger charge is 2.42. The van der Waals surface area contributed by atoms with E-state index in [-0.39, 0.29) is 13.3 Å². The van der Waals surface area contributed by atoms with E-state index in [0.29, 0.717) is 0 Å². The van der Waals surface area contributed by atoms with Gasteiger partial charge in [0.1, 0.15) is 33.0 Å². The second kappa shape index (κ2) is 5.16. The van der Waals surface area contributed by atoms with E-state index in [1.165, 1.54) is 0 Å². The van der Waals surface area contributed by atoms with Gasteiger partial charge in [-0.1, -0.05) is 5.11 Å². The lowest BCUT2D eigenvalue weighted by Crippen LogP contribution is -2.34. The summed E-state index contributed by atoms with van der Waals surface area (Å²) in [5.41, 5.74) is 7.99. The Labute approximate surface area is 81.0 Å². The predicted molar refractivity (Wildman–Crippen MR) is 48.1 cm³/mol. The Kier molecular flexibility index (Phi) is 4.15. The number of alkyl halides is 1. The SMILES string of the molecule is B[C@@H]1OC(CO)C(OCN=[N+]=[N-])[C@@H]1F. The summed E-state index contributed by atoms with van der Waals surface area (Å²) in [6.45, 7) is -0.570. The molecule has 1 fully saturated rings. The highest BCUT2D eigenvalue weighted by molar-refractivity contribution is 6.11. The van der Waals surface area contributed by atoms with Crippen molar-refractivity contribution in [2.45, 2.75) is 24.4 Å². The lowest BCUT2D eigenvalue weighted by atomic mass is 9.94. The molecule has 0 aromatic carbocycles. The molecular formula is C6H11BFN3O3. The lowest BCUT2D eigenvalue weighted by Gasteiger charge is -2.16. The van der Waals surface area contributed by atoms with Crippen molar-refractivity contribution in [1.82, 2.24) is 0 Å². The van der Waals surface area contributed by atoms with E-state index in [0.717, 1.165) is 0 Å². The Bertz CT molecular complexity index is 238. The van der Waals surface area contributed by atoms with Gasteiger partial charge >= 0.3 is 0 Å². The third-order valence-electron chi connectivity index (χ3n) is 2.09. The fourth-order valence-electron chi connectivity index (χ4n) is 1.39. The van der Waals surface area contributed by atoms with E-state index in [1.807, 2.05) is 0 Å². The lowest BCUT2D eigenvalue weighted by molar-refractivity contribution is -0.0423. The van der Waals surface area contributed by atoms with Gasteiger partial charge < -0.3 is 14.6 Å². The zero-order valence-corrected chi connectivity index (χ0v) is 7.71. The molecule has 1 N–H and O–H groups in total. The van der Waals surface area contributed by atoms with Gasteiger partial charge in [0.15, 0.2) is 0 Å². The number of rotatable bonds is 4. The maximum atomic E-state index is 13.4. The van der Waals surface area contributed by atoms with Gasteiger partial charge in [0.25, 0.3) is 0 Å². The predicted octanol–water partition coefficient (Wildman–Crippen LogP) is -0.672. The van der Waals surface area contributed by atoms with Crippen molar-refractivity contribution in [2.75, 3.05) is 13.3 Å². The molecule has 0 aromatic rings. The van der Waals surface area contributed by atoms with Crippen molar-refractivity contribution in [2.24, 2.45) is 5.11 Å². The van der Waals surface area contributed by atoms with Gasteiger partial charge in [-0.15, -0.1) is 0 Å². The molecule has 0 saturated carbocycles. The molecule has 0 radical (unpaired) electrons. The number of aliphatic hydroxyl groups is 1. The minimum Gasteiger partial charge on any atom is -0.394 e. The molecule has 0 bridgehead atoms. The molecule has 8 heteroatoms. The van der Waals surface area contributed by atoms with E-state index in [9.17, 15) is 4.39 Å². The van der Waals surface area contributed by atoms with E-state index in [4.69, 9.17) is 20.1 Å². The topological polar surface area (TPSA) is 87.5 Å². The summed E-state index contributed by atoms with van der Waals surface area (Å²) in [5, 5.41) is 12.0. The molecule has 0 aliphatic carbocycles. The van der Waals surface area contributed by atoms with Crippen LogP contribution < -0.4 is 0 Å². The monoisotopic (exact) mass is 203 g/mol.